The van der Waals surface area contributed by atoms with Crippen LogP contribution in [0.25, 0.3) is 0 Å². The molecule has 0 saturated heterocycles. The predicted molar refractivity (Wildman–Crippen MR) is 69.0 cm³/mol. The number of pyridine rings is 1. The number of nitrogens with one attached hydrogen (secondary N) is 1. The van der Waals surface area contributed by atoms with Crippen molar-refractivity contribution in [2.45, 2.75) is 19.4 Å². The molecule has 0 spiro atoms. The third-order valence-corrected chi connectivity index (χ3v) is 3.34. The van der Waals surface area contributed by atoms with Crippen LogP contribution in [0.2, 0.25) is 0 Å². The molecule has 0 atom stereocenters. The SMILES string of the molecule is CC(C)(NC(=O)c1cccs1)c1ccccn1. The molecule has 0 saturated carbocycles. The largest absolute Gasteiger partial charge is 0.341 e. The highest BCUT2D eigenvalue weighted by Crippen LogP contribution is 2.19. The maximum atomic E-state index is 12.0. The van der Waals surface area contributed by atoms with E-state index in [0.29, 0.717) is 4.88 Å². The molecule has 0 radical (unpaired) electrons. The predicted octanol–water partition coefficient (Wildman–Crippen LogP) is 2.81. The number of aromatic nitrogens is 1. The highest BCUT2D eigenvalue weighted by molar-refractivity contribution is 7.12. The van der Waals surface area contributed by atoms with Crippen LogP contribution in [0.4, 0.5) is 0 Å². The minimum absolute atomic E-state index is 0.0596. The zero-order valence-corrected chi connectivity index (χ0v) is 10.6. The number of hydrogen-bond acceptors (Lipinski definition) is 3. The highest BCUT2D eigenvalue weighted by atomic mass is 32.1. The number of nitrogens with zero attached hydrogens (tertiary/aromatic N) is 1. The van der Waals surface area contributed by atoms with E-state index in [9.17, 15) is 4.79 Å². The number of thiophene rings is 1. The summed E-state index contributed by atoms with van der Waals surface area (Å²) in [6, 6.07) is 9.37. The van der Waals surface area contributed by atoms with E-state index in [2.05, 4.69) is 10.3 Å². The Balaban J connectivity index is 2.15. The van der Waals surface area contributed by atoms with E-state index in [4.69, 9.17) is 0 Å². The number of hydrogen-bond donors (Lipinski definition) is 1. The molecule has 2 aromatic rings. The van der Waals surface area contributed by atoms with Crippen LogP contribution in [0.3, 0.4) is 0 Å². The van der Waals surface area contributed by atoms with E-state index >= 15 is 0 Å². The first-order valence-corrected chi connectivity index (χ1v) is 6.25. The van der Waals surface area contributed by atoms with Gasteiger partial charge in [-0.15, -0.1) is 11.3 Å². The molecule has 0 unspecified atom stereocenters. The van der Waals surface area contributed by atoms with Gasteiger partial charge in [0, 0.05) is 6.20 Å². The minimum Gasteiger partial charge on any atom is -0.341 e. The highest BCUT2D eigenvalue weighted by Gasteiger charge is 2.24. The molecule has 1 amide bonds. The molecule has 0 aliphatic heterocycles. The van der Waals surface area contributed by atoms with Crippen LogP contribution in [-0.4, -0.2) is 10.9 Å². The van der Waals surface area contributed by atoms with Gasteiger partial charge in [-0.1, -0.05) is 12.1 Å². The molecule has 0 aliphatic carbocycles. The summed E-state index contributed by atoms with van der Waals surface area (Å²) >= 11 is 1.43. The van der Waals surface area contributed by atoms with Crippen LogP contribution in [0, 0.1) is 0 Å². The van der Waals surface area contributed by atoms with E-state index < -0.39 is 5.54 Å². The van der Waals surface area contributed by atoms with Crippen LogP contribution < -0.4 is 5.32 Å². The lowest BCUT2D eigenvalue weighted by Gasteiger charge is -2.25. The maximum absolute atomic E-state index is 12.0. The van der Waals surface area contributed by atoms with Crippen LogP contribution >= 0.6 is 11.3 Å². The van der Waals surface area contributed by atoms with Gasteiger partial charge in [-0.2, -0.15) is 0 Å². The van der Waals surface area contributed by atoms with Crippen molar-refractivity contribution in [3.63, 3.8) is 0 Å². The van der Waals surface area contributed by atoms with Crippen molar-refractivity contribution < 1.29 is 4.79 Å². The molecule has 2 rings (SSSR count). The standard InChI is InChI=1S/C13H14N2OS/c1-13(2,11-7-3-4-8-14-11)15-12(16)10-6-5-9-17-10/h3-9H,1-2H3,(H,15,16). The Labute approximate surface area is 105 Å². The second-order valence-corrected chi connectivity index (χ2v) is 5.22. The summed E-state index contributed by atoms with van der Waals surface area (Å²) in [5.74, 6) is -0.0596. The van der Waals surface area contributed by atoms with Crippen molar-refractivity contribution in [2.24, 2.45) is 0 Å². The van der Waals surface area contributed by atoms with Crippen LogP contribution in [0.15, 0.2) is 41.9 Å². The summed E-state index contributed by atoms with van der Waals surface area (Å²) in [5, 5.41) is 4.88. The van der Waals surface area contributed by atoms with Gasteiger partial charge in [0.2, 0.25) is 0 Å². The molecular weight excluding hydrogens is 232 g/mol. The Morgan fingerprint density at radius 2 is 2.12 bits per heavy atom. The van der Waals surface area contributed by atoms with Gasteiger partial charge in [0.05, 0.1) is 16.1 Å². The zero-order chi connectivity index (χ0) is 12.3. The summed E-state index contributed by atoms with van der Waals surface area (Å²) in [5.41, 5.74) is 0.382. The van der Waals surface area contributed by atoms with Gasteiger partial charge in [0.25, 0.3) is 5.91 Å². The minimum atomic E-state index is -0.470. The number of rotatable bonds is 3. The first-order chi connectivity index (χ1) is 8.09. The quantitative estimate of drug-likeness (QED) is 0.904. The third-order valence-electron chi connectivity index (χ3n) is 2.48. The number of amides is 1. The Hall–Kier alpha value is -1.68. The van der Waals surface area contributed by atoms with Gasteiger partial charge < -0.3 is 5.32 Å². The summed E-state index contributed by atoms with van der Waals surface area (Å²) < 4.78 is 0. The van der Waals surface area contributed by atoms with Crippen molar-refractivity contribution in [2.75, 3.05) is 0 Å². The van der Waals surface area contributed by atoms with Gasteiger partial charge in [-0.25, -0.2) is 0 Å². The number of carbonyl (C=O) groups is 1. The smallest absolute Gasteiger partial charge is 0.262 e. The van der Waals surface area contributed by atoms with E-state index in [1.54, 1.807) is 6.20 Å². The van der Waals surface area contributed by atoms with Crippen LogP contribution in [-0.2, 0) is 5.54 Å². The van der Waals surface area contributed by atoms with Crippen LogP contribution in [0.1, 0.15) is 29.2 Å². The fourth-order valence-corrected chi connectivity index (χ4v) is 2.17. The molecule has 88 valence electrons. The summed E-state index contributed by atoms with van der Waals surface area (Å²) in [7, 11) is 0. The van der Waals surface area contributed by atoms with Crippen LogP contribution in [0.5, 0.6) is 0 Å². The summed E-state index contributed by atoms with van der Waals surface area (Å²) in [4.78, 5) is 17.0. The molecule has 4 heteroatoms. The normalized spacial score (nSPS) is 11.2. The Kier molecular flexibility index (Phi) is 3.24. The topological polar surface area (TPSA) is 42.0 Å². The molecule has 2 heterocycles. The molecule has 17 heavy (non-hydrogen) atoms. The van der Waals surface area contributed by atoms with E-state index in [1.807, 2.05) is 49.6 Å². The average Bonchev–Trinajstić information content (AvgIpc) is 2.83. The fourth-order valence-electron chi connectivity index (χ4n) is 1.55. The van der Waals surface area contributed by atoms with E-state index in [0.717, 1.165) is 5.69 Å². The van der Waals surface area contributed by atoms with Crippen molar-refractivity contribution >= 4 is 17.2 Å². The van der Waals surface area contributed by atoms with Gasteiger partial charge >= 0.3 is 0 Å². The molecular formula is C13H14N2OS. The molecule has 0 aromatic carbocycles. The average molecular weight is 246 g/mol. The Bertz CT molecular complexity index is 491. The lowest BCUT2D eigenvalue weighted by atomic mass is 10.00. The summed E-state index contributed by atoms with van der Waals surface area (Å²) in [6.45, 7) is 3.89. The Morgan fingerprint density at radius 3 is 2.71 bits per heavy atom. The molecule has 3 nitrogen and oxygen atoms in total. The first-order valence-electron chi connectivity index (χ1n) is 5.37. The number of carbonyl (C=O) groups excluding carboxylic acids is 1. The maximum Gasteiger partial charge on any atom is 0.262 e. The molecule has 0 fully saturated rings. The molecule has 0 aliphatic rings. The molecule has 0 bridgehead atoms. The molecule has 2 aromatic heterocycles. The lowest BCUT2D eigenvalue weighted by molar-refractivity contribution is 0.0914. The fraction of sp³-hybridized carbons (Fsp3) is 0.231. The van der Waals surface area contributed by atoms with Crippen molar-refractivity contribution in [1.82, 2.24) is 10.3 Å². The monoisotopic (exact) mass is 246 g/mol. The van der Waals surface area contributed by atoms with Gasteiger partial charge in [0.1, 0.15) is 0 Å². The second-order valence-electron chi connectivity index (χ2n) is 4.27. The van der Waals surface area contributed by atoms with E-state index in [1.165, 1.54) is 11.3 Å². The second kappa shape index (κ2) is 4.67. The summed E-state index contributed by atoms with van der Waals surface area (Å²) in [6.07, 6.45) is 1.73. The first kappa shape index (κ1) is 11.8. The van der Waals surface area contributed by atoms with Gasteiger partial charge in [-0.3, -0.25) is 9.78 Å². The Morgan fingerprint density at radius 1 is 1.29 bits per heavy atom. The van der Waals surface area contributed by atoms with Crippen molar-refractivity contribution in [1.29, 1.82) is 0 Å². The third kappa shape index (κ3) is 2.71. The van der Waals surface area contributed by atoms with Gasteiger partial charge in [0.15, 0.2) is 0 Å². The van der Waals surface area contributed by atoms with Crippen molar-refractivity contribution in [3.8, 4) is 0 Å². The van der Waals surface area contributed by atoms with E-state index in [-0.39, 0.29) is 5.91 Å². The molecule has 1 N–H and O–H groups in total. The van der Waals surface area contributed by atoms with Gasteiger partial charge in [-0.05, 0) is 37.4 Å². The lowest BCUT2D eigenvalue weighted by Crippen LogP contribution is -2.41. The zero-order valence-electron chi connectivity index (χ0n) is 9.81. The van der Waals surface area contributed by atoms with Crippen molar-refractivity contribution in [3.05, 3.63) is 52.5 Å².